The van der Waals surface area contributed by atoms with Crippen molar-refractivity contribution < 1.29 is 14.5 Å². The Bertz CT molecular complexity index is 2620. The van der Waals surface area contributed by atoms with Crippen LogP contribution < -0.4 is 36.0 Å². The Morgan fingerprint density at radius 3 is 1.42 bits per heavy atom. The number of aliphatic hydroxyl groups is 1. The summed E-state index contributed by atoms with van der Waals surface area (Å²) >= 11 is 0. The lowest BCUT2D eigenvalue weighted by Gasteiger charge is -2.17. The van der Waals surface area contributed by atoms with Crippen molar-refractivity contribution >= 4 is 5.71 Å². The number of H-pyrrole nitrogens is 1. The van der Waals surface area contributed by atoms with Crippen molar-refractivity contribution in [1.82, 2.24) is 31.7 Å². The summed E-state index contributed by atoms with van der Waals surface area (Å²) in [6.07, 6.45) is 15.1. The average molecular weight is 1220 g/mol. The van der Waals surface area contributed by atoms with Crippen molar-refractivity contribution in [2.45, 2.75) is 248 Å². The minimum atomic E-state index is -0.0996. The van der Waals surface area contributed by atoms with E-state index in [1.807, 2.05) is 13.0 Å². The van der Waals surface area contributed by atoms with Gasteiger partial charge in [0.15, 0.2) is 6.04 Å². The van der Waals surface area contributed by atoms with Gasteiger partial charge >= 0.3 is 0 Å². The van der Waals surface area contributed by atoms with Gasteiger partial charge in [-0.3, -0.25) is 4.99 Å². The number of β-amino-alcohol motifs (C(OH)–C–C–N with tert-alkyl or cyclic N) is 1. The number of aromatic amines is 1. The Hall–Kier alpha value is -4.94. The first kappa shape index (κ1) is 73.1. The molecule has 12 rings (SSSR count). The summed E-state index contributed by atoms with van der Waals surface area (Å²) in [5.74, 6) is 6.03. The molecule has 0 amide bonds. The normalized spacial score (nSPS) is 24.4. The number of ether oxygens (including phenoxy) is 1. The second-order valence-corrected chi connectivity index (χ2v) is 28.7. The van der Waals surface area contributed by atoms with Crippen molar-refractivity contribution in [3.05, 3.63) is 166 Å². The fourth-order valence-electron chi connectivity index (χ4n) is 13.8. The molecule has 5 aromatic rings. The van der Waals surface area contributed by atoms with E-state index in [2.05, 4.69) is 260 Å². The molecular formula is C79H125N8O2+. The van der Waals surface area contributed by atoms with Crippen molar-refractivity contribution in [2.75, 3.05) is 32.8 Å². The predicted octanol–water partition coefficient (Wildman–Crippen LogP) is 16.4. The van der Waals surface area contributed by atoms with E-state index >= 15 is 0 Å². The number of aliphatic imine (C=N–C) groups is 1. The van der Waals surface area contributed by atoms with E-state index in [1.165, 1.54) is 128 Å². The Morgan fingerprint density at radius 2 is 1.01 bits per heavy atom. The molecular weight excluding hydrogens is 1090 g/mol. The van der Waals surface area contributed by atoms with Gasteiger partial charge in [-0.1, -0.05) is 204 Å². The molecule has 4 aromatic carbocycles. The summed E-state index contributed by atoms with van der Waals surface area (Å²) in [7, 11) is 0. The van der Waals surface area contributed by atoms with Gasteiger partial charge in [-0.15, -0.1) is 9.78 Å². The molecule has 0 radical (unpaired) electrons. The van der Waals surface area contributed by atoms with E-state index in [4.69, 9.17) is 9.84 Å². The molecule has 492 valence electrons. The number of hydrogen-bond donors (Lipinski definition) is 7. The van der Waals surface area contributed by atoms with E-state index in [-0.39, 0.29) is 6.10 Å². The van der Waals surface area contributed by atoms with Crippen LogP contribution in [-0.4, -0.2) is 85.0 Å². The van der Waals surface area contributed by atoms with Gasteiger partial charge < -0.3 is 36.4 Å². The molecule has 1 aromatic heterocycles. The number of allylic oxidation sites excluding steroid dienone is 1. The molecule has 5 saturated heterocycles. The highest BCUT2D eigenvalue weighted by Gasteiger charge is 2.32. The van der Waals surface area contributed by atoms with Crippen LogP contribution in [0.5, 0.6) is 5.88 Å². The number of rotatable bonds is 13. The van der Waals surface area contributed by atoms with Gasteiger partial charge in [-0.05, 0) is 180 Å². The average Bonchev–Trinajstić information content (AvgIpc) is 3.80. The monoisotopic (exact) mass is 1220 g/mol. The fourth-order valence-corrected chi connectivity index (χ4v) is 13.8. The maximum absolute atomic E-state index is 9.09. The van der Waals surface area contributed by atoms with E-state index in [1.54, 1.807) is 0 Å². The number of hydrogen-bond acceptors (Lipinski definition) is 8. The summed E-state index contributed by atoms with van der Waals surface area (Å²) in [5, 5.41) is 30.2. The standard InChI is InChI=1S/C14H17N.3C13H19N.C12H20N2O.C7H15NO.C7H15N/c1-10(2)13-11(3)9-15-14(13)12-7-5-4-6-8-12;1-10(2)13-8-12(9-14-13)11-6-4-3-5-7-11;2*1-10(2)12-8-9-13(14-12)11-6-4-3-5-7-11;1-4-15-12-10-7-5-6-8-11(10)14(13-12)9(2)3;1-5(2)7-3-6(9)4-8-7;1-6(2)7-4-3-5-8-7/h4-8,10H,9H2,1-3H3;3*3-7,10,12-14H,8-9H2,1-2H3;9H,4-8H2,1-3H3;5-9H,3-4H2,1-2H3;6-8H,3-5H2,1-2H3/p+1/t;12-,13-;2*12-,13+;;6-,7+;7-/m.010.11/s1. The zero-order chi connectivity index (χ0) is 64.4. The summed E-state index contributed by atoms with van der Waals surface area (Å²) in [5.41, 5.74) is 12.5. The van der Waals surface area contributed by atoms with Gasteiger partial charge in [0.1, 0.15) is 0 Å². The second kappa shape index (κ2) is 38.2. The topological polar surface area (TPSA) is 122 Å². The molecule has 0 spiro atoms. The predicted molar refractivity (Wildman–Crippen MR) is 378 cm³/mol. The zero-order valence-corrected chi connectivity index (χ0v) is 58.6. The third-order valence-corrected chi connectivity index (χ3v) is 19.3. The highest BCUT2D eigenvalue weighted by molar-refractivity contribution is 6.14. The van der Waals surface area contributed by atoms with Gasteiger partial charge in [0, 0.05) is 61.8 Å². The van der Waals surface area contributed by atoms with Crippen molar-refractivity contribution in [3.63, 3.8) is 0 Å². The lowest BCUT2D eigenvalue weighted by Crippen LogP contribution is -2.42. The van der Waals surface area contributed by atoms with Gasteiger partial charge in [0.25, 0.3) is 5.88 Å². The summed E-state index contributed by atoms with van der Waals surface area (Å²) < 4.78 is 7.92. The Kier molecular flexibility index (Phi) is 31.4. The van der Waals surface area contributed by atoms with E-state index in [0.29, 0.717) is 54.1 Å². The van der Waals surface area contributed by atoms with Crippen LogP contribution in [-0.2, 0) is 12.8 Å². The molecule has 7 heterocycles. The molecule has 10 heteroatoms. The first-order chi connectivity index (χ1) is 42.8. The van der Waals surface area contributed by atoms with Crippen LogP contribution >= 0.6 is 0 Å². The van der Waals surface area contributed by atoms with Crippen molar-refractivity contribution in [3.8, 4) is 5.88 Å². The lowest BCUT2D eigenvalue weighted by atomic mass is 9.92. The van der Waals surface area contributed by atoms with Gasteiger partial charge in [-0.2, -0.15) is 0 Å². The van der Waals surface area contributed by atoms with Crippen LogP contribution in [0.3, 0.4) is 0 Å². The number of aromatic nitrogens is 2. The number of nitrogens with zero attached hydrogens (tertiary/aromatic N) is 2. The number of aliphatic hydroxyl groups excluding tert-OH is 1. The highest BCUT2D eigenvalue weighted by Crippen LogP contribution is 2.33. The van der Waals surface area contributed by atoms with Gasteiger partial charge in [0.05, 0.1) is 30.5 Å². The zero-order valence-electron chi connectivity index (χ0n) is 58.6. The minimum absolute atomic E-state index is 0.0996. The fraction of sp³-hybridized carbons (Fsp3) is 0.620. The lowest BCUT2D eigenvalue weighted by molar-refractivity contribution is -0.774. The molecule has 7 N–H and O–H groups in total. The first-order valence-electron chi connectivity index (χ1n) is 35.4. The largest absolute Gasteiger partial charge is 0.476 e. The van der Waals surface area contributed by atoms with Crippen LogP contribution in [0.25, 0.3) is 0 Å². The summed E-state index contributed by atoms with van der Waals surface area (Å²) in [4.78, 5) is 4.63. The van der Waals surface area contributed by atoms with Crippen LogP contribution in [0.2, 0.25) is 0 Å². The van der Waals surface area contributed by atoms with E-state index in [9.17, 15) is 0 Å². The number of fused-ring (bicyclic) bond motifs is 1. The first-order valence-corrected chi connectivity index (χ1v) is 35.4. The Labute approximate surface area is 542 Å². The van der Waals surface area contributed by atoms with Gasteiger partial charge in [-0.25, -0.2) is 0 Å². The highest BCUT2D eigenvalue weighted by atomic mass is 16.5. The van der Waals surface area contributed by atoms with E-state index in [0.717, 1.165) is 74.2 Å². The quantitative estimate of drug-likeness (QED) is 0.0587. The molecule has 7 aliphatic rings. The third-order valence-electron chi connectivity index (χ3n) is 19.3. The maximum atomic E-state index is 9.09. The second-order valence-electron chi connectivity index (χ2n) is 28.7. The molecule has 6 aliphatic heterocycles. The van der Waals surface area contributed by atoms with Crippen LogP contribution in [0.15, 0.2) is 137 Å². The molecule has 0 unspecified atom stereocenters. The SMILES string of the molecule is CC(C)[C@@H]1CC[C@H](c2ccccc2)N1.CC(C)[C@@H]1C[C@@H](O)CN1.CC(C)[C@@H]1C[C@H](c2ccccc2)CN1.CC(C)[C@H]1CCCN1.CC(C)[C@H]1CC[C@@H](c2ccccc2)N1.CC1=C(C(C)C)C(c2ccccc2)=NC1.CCOc1[nH][n+](C(C)C)c2c1CCCC2. The summed E-state index contributed by atoms with van der Waals surface area (Å²) in [6, 6.07) is 48.0. The molecule has 9 atom stereocenters. The van der Waals surface area contributed by atoms with Crippen LogP contribution in [0.1, 0.15) is 233 Å². The smallest absolute Gasteiger partial charge is 0.252 e. The third kappa shape index (κ3) is 23.3. The van der Waals surface area contributed by atoms with Gasteiger partial charge in [0.2, 0.25) is 5.69 Å². The minimum Gasteiger partial charge on any atom is -0.476 e. The van der Waals surface area contributed by atoms with E-state index < -0.39 is 0 Å². The summed E-state index contributed by atoms with van der Waals surface area (Å²) in [6.45, 7) is 40.6. The molecule has 0 saturated carbocycles. The Balaban J connectivity index is 0.000000167. The molecule has 10 nitrogen and oxygen atoms in total. The number of benzene rings is 4. The molecule has 1 aliphatic carbocycles. The Morgan fingerprint density at radius 1 is 0.528 bits per heavy atom. The molecule has 89 heavy (non-hydrogen) atoms. The maximum Gasteiger partial charge on any atom is 0.252 e. The van der Waals surface area contributed by atoms with Crippen molar-refractivity contribution in [1.29, 1.82) is 0 Å². The van der Waals surface area contributed by atoms with Crippen LogP contribution in [0, 0.1) is 35.5 Å². The van der Waals surface area contributed by atoms with Crippen LogP contribution in [0.4, 0.5) is 0 Å². The molecule has 5 fully saturated rings. The number of nitrogens with one attached hydrogen (secondary N) is 6. The van der Waals surface area contributed by atoms with Crippen molar-refractivity contribution in [2.24, 2.45) is 40.5 Å². The molecule has 0 bridgehead atoms.